The summed E-state index contributed by atoms with van der Waals surface area (Å²) in [6.07, 6.45) is 0. The van der Waals surface area contributed by atoms with E-state index in [0.717, 1.165) is 16.5 Å². The minimum absolute atomic E-state index is 0.163. The highest BCUT2D eigenvalue weighted by Crippen LogP contribution is 2.18. The van der Waals surface area contributed by atoms with E-state index in [2.05, 4.69) is 9.36 Å². The Morgan fingerprint density at radius 2 is 2.12 bits per heavy atom. The van der Waals surface area contributed by atoms with Crippen LogP contribution in [0.25, 0.3) is 0 Å². The molecule has 0 bridgehead atoms. The van der Waals surface area contributed by atoms with Crippen LogP contribution in [0.15, 0.2) is 18.2 Å². The van der Waals surface area contributed by atoms with Gasteiger partial charge in [-0.2, -0.15) is 4.37 Å². The van der Waals surface area contributed by atoms with Gasteiger partial charge in [-0.05, 0) is 31.0 Å². The van der Waals surface area contributed by atoms with Crippen molar-refractivity contribution in [3.63, 3.8) is 0 Å². The number of benzene rings is 1. The predicted octanol–water partition coefficient (Wildman–Crippen LogP) is 2.93. The van der Waals surface area contributed by atoms with Crippen LogP contribution in [0.3, 0.4) is 0 Å². The minimum atomic E-state index is -0.163. The van der Waals surface area contributed by atoms with E-state index in [9.17, 15) is 4.39 Å². The predicted molar refractivity (Wildman–Crippen MR) is 67.9 cm³/mol. The zero-order chi connectivity index (χ0) is 12.4. The first kappa shape index (κ1) is 12.0. The van der Waals surface area contributed by atoms with Crippen LogP contribution in [-0.4, -0.2) is 16.4 Å². The molecule has 0 radical (unpaired) electrons. The number of anilines is 1. The Labute approximate surface area is 104 Å². The van der Waals surface area contributed by atoms with E-state index in [1.807, 2.05) is 24.9 Å². The smallest absolute Gasteiger partial charge is 0.205 e. The summed E-state index contributed by atoms with van der Waals surface area (Å²) in [7, 11) is 1.93. The van der Waals surface area contributed by atoms with E-state index in [-0.39, 0.29) is 5.82 Å². The summed E-state index contributed by atoms with van der Waals surface area (Å²) in [5.74, 6) is 0.608. The summed E-state index contributed by atoms with van der Waals surface area (Å²) in [5, 5.41) is 0.850. The Balaban J connectivity index is 2.12. The fourth-order valence-electron chi connectivity index (χ4n) is 1.52. The standard InChI is InChI=1S/C12H14FN3S/c1-8-4-5-10(6-11(8)13)7-16(3)12-14-9(2)15-17-12/h4-6H,7H2,1-3H3. The third-order valence-corrected chi connectivity index (χ3v) is 3.42. The Hall–Kier alpha value is -1.49. The molecule has 0 spiro atoms. The molecule has 0 amide bonds. The van der Waals surface area contributed by atoms with Crippen molar-refractivity contribution in [2.45, 2.75) is 20.4 Å². The van der Waals surface area contributed by atoms with Gasteiger partial charge < -0.3 is 4.90 Å². The Kier molecular flexibility index (Phi) is 3.38. The van der Waals surface area contributed by atoms with Crippen molar-refractivity contribution >= 4 is 16.7 Å². The lowest BCUT2D eigenvalue weighted by molar-refractivity contribution is 0.615. The fourth-order valence-corrected chi connectivity index (χ4v) is 2.15. The maximum atomic E-state index is 13.4. The second-order valence-corrected chi connectivity index (χ2v) is 4.79. The molecule has 0 atom stereocenters. The Bertz CT molecular complexity index is 524. The molecule has 1 aromatic carbocycles. The van der Waals surface area contributed by atoms with Crippen LogP contribution in [0, 0.1) is 19.7 Å². The van der Waals surface area contributed by atoms with Crippen molar-refractivity contribution in [1.29, 1.82) is 0 Å². The normalized spacial score (nSPS) is 10.6. The van der Waals surface area contributed by atoms with E-state index in [1.165, 1.54) is 11.5 Å². The second kappa shape index (κ2) is 4.79. The van der Waals surface area contributed by atoms with Crippen LogP contribution >= 0.6 is 11.5 Å². The van der Waals surface area contributed by atoms with Crippen molar-refractivity contribution in [1.82, 2.24) is 9.36 Å². The lowest BCUT2D eigenvalue weighted by Crippen LogP contribution is -2.16. The fraction of sp³-hybridized carbons (Fsp3) is 0.333. The van der Waals surface area contributed by atoms with Gasteiger partial charge in [-0.15, -0.1) is 0 Å². The first-order valence-electron chi connectivity index (χ1n) is 5.33. The summed E-state index contributed by atoms with van der Waals surface area (Å²) >= 11 is 1.36. The van der Waals surface area contributed by atoms with E-state index in [4.69, 9.17) is 0 Å². The van der Waals surface area contributed by atoms with Crippen molar-refractivity contribution < 1.29 is 4.39 Å². The van der Waals surface area contributed by atoms with Gasteiger partial charge in [-0.3, -0.25) is 0 Å². The molecule has 1 heterocycles. The van der Waals surface area contributed by atoms with Gasteiger partial charge in [0.2, 0.25) is 5.13 Å². The molecular weight excluding hydrogens is 237 g/mol. The van der Waals surface area contributed by atoms with Crippen LogP contribution in [0.5, 0.6) is 0 Å². The lowest BCUT2D eigenvalue weighted by Gasteiger charge is -2.15. The molecule has 17 heavy (non-hydrogen) atoms. The van der Waals surface area contributed by atoms with Crippen molar-refractivity contribution in [2.75, 3.05) is 11.9 Å². The molecule has 0 aliphatic heterocycles. The molecule has 2 rings (SSSR count). The van der Waals surface area contributed by atoms with Crippen LogP contribution in [0.4, 0.5) is 9.52 Å². The molecule has 0 unspecified atom stereocenters. The van der Waals surface area contributed by atoms with Crippen LogP contribution in [0.2, 0.25) is 0 Å². The molecule has 3 nitrogen and oxygen atoms in total. The van der Waals surface area contributed by atoms with Crippen molar-refractivity contribution in [3.8, 4) is 0 Å². The van der Waals surface area contributed by atoms with E-state index >= 15 is 0 Å². The summed E-state index contributed by atoms with van der Waals surface area (Å²) in [5.41, 5.74) is 1.60. The SMILES string of the molecule is Cc1nsc(N(C)Cc2ccc(C)c(F)c2)n1. The first-order valence-corrected chi connectivity index (χ1v) is 6.10. The first-order chi connectivity index (χ1) is 8.06. The zero-order valence-electron chi connectivity index (χ0n) is 10.1. The molecule has 1 aromatic heterocycles. The number of nitrogens with zero attached hydrogens (tertiary/aromatic N) is 3. The van der Waals surface area contributed by atoms with Gasteiger partial charge in [0.1, 0.15) is 11.6 Å². The van der Waals surface area contributed by atoms with Gasteiger partial charge in [-0.25, -0.2) is 9.37 Å². The highest BCUT2D eigenvalue weighted by molar-refractivity contribution is 7.09. The largest absolute Gasteiger partial charge is 0.346 e. The maximum Gasteiger partial charge on any atom is 0.205 e. The summed E-state index contributed by atoms with van der Waals surface area (Å²) in [6.45, 7) is 4.25. The van der Waals surface area contributed by atoms with E-state index < -0.39 is 0 Å². The molecular formula is C12H14FN3S. The number of aromatic nitrogens is 2. The monoisotopic (exact) mass is 251 g/mol. The molecule has 0 aliphatic rings. The third kappa shape index (κ3) is 2.79. The molecule has 0 saturated carbocycles. The topological polar surface area (TPSA) is 29.0 Å². The molecule has 0 aliphatic carbocycles. The number of aryl methyl sites for hydroxylation is 2. The van der Waals surface area contributed by atoms with Gasteiger partial charge in [0, 0.05) is 25.1 Å². The quantitative estimate of drug-likeness (QED) is 0.840. The van der Waals surface area contributed by atoms with Gasteiger partial charge in [0.25, 0.3) is 0 Å². The lowest BCUT2D eigenvalue weighted by atomic mass is 10.1. The Morgan fingerprint density at radius 3 is 2.71 bits per heavy atom. The second-order valence-electron chi connectivity index (χ2n) is 4.06. The highest BCUT2D eigenvalue weighted by atomic mass is 32.1. The average Bonchev–Trinajstić information content (AvgIpc) is 2.70. The molecule has 0 N–H and O–H groups in total. The van der Waals surface area contributed by atoms with Gasteiger partial charge >= 0.3 is 0 Å². The Morgan fingerprint density at radius 1 is 1.35 bits per heavy atom. The van der Waals surface area contributed by atoms with Crippen molar-refractivity contribution in [2.24, 2.45) is 0 Å². The van der Waals surface area contributed by atoms with Crippen LogP contribution < -0.4 is 4.90 Å². The number of halogens is 1. The van der Waals surface area contributed by atoms with Crippen molar-refractivity contribution in [3.05, 3.63) is 41.0 Å². The summed E-state index contributed by atoms with van der Waals surface area (Å²) in [6, 6.07) is 5.30. The third-order valence-electron chi connectivity index (χ3n) is 2.50. The van der Waals surface area contributed by atoms with Gasteiger partial charge in [0.15, 0.2) is 0 Å². The summed E-state index contributed by atoms with van der Waals surface area (Å²) < 4.78 is 17.5. The molecule has 2 aromatic rings. The molecule has 0 fully saturated rings. The maximum absolute atomic E-state index is 13.4. The van der Waals surface area contributed by atoms with Crippen LogP contribution in [0.1, 0.15) is 17.0 Å². The molecule has 0 saturated heterocycles. The summed E-state index contributed by atoms with van der Waals surface area (Å²) in [4.78, 5) is 6.25. The number of rotatable bonds is 3. The molecule has 5 heteroatoms. The van der Waals surface area contributed by atoms with E-state index in [0.29, 0.717) is 12.1 Å². The average molecular weight is 251 g/mol. The van der Waals surface area contributed by atoms with Gasteiger partial charge in [0.05, 0.1) is 0 Å². The zero-order valence-corrected chi connectivity index (χ0v) is 10.9. The minimum Gasteiger partial charge on any atom is -0.346 e. The number of hydrogen-bond donors (Lipinski definition) is 0. The highest BCUT2D eigenvalue weighted by Gasteiger charge is 2.08. The van der Waals surface area contributed by atoms with Crippen LogP contribution in [-0.2, 0) is 6.54 Å². The van der Waals surface area contributed by atoms with Gasteiger partial charge in [-0.1, -0.05) is 12.1 Å². The molecule has 90 valence electrons. The number of hydrogen-bond acceptors (Lipinski definition) is 4. The van der Waals surface area contributed by atoms with E-state index in [1.54, 1.807) is 19.1 Å².